The number of carbonyl (C=O) groups is 1. The summed E-state index contributed by atoms with van der Waals surface area (Å²) < 4.78 is 5.07. The van der Waals surface area contributed by atoms with Gasteiger partial charge in [0.25, 0.3) is 5.91 Å². The van der Waals surface area contributed by atoms with Gasteiger partial charge < -0.3 is 15.8 Å². The summed E-state index contributed by atoms with van der Waals surface area (Å²) >= 11 is 0. The van der Waals surface area contributed by atoms with Gasteiger partial charge in [-0.05, 0) is 31.0 Å². The fourth-order valence-electron chi connectivity index (χ4n) is 1.81. The molecule has 1 aliphatic rings. The Morgan fingerprint density at radius 2 is 2.25 bits per heavy atom. The quantitative estimate of drug-likeness (QED) is 0.796. The Kier molecular flexibility index (Phi) is 3.10. The Morgan fingerprint density at radius 3 is 2.88 bits per heavy atom. The molecule has 0 radical (unpaired) electrons. The maximum absolute atomic E-state index is 11.8. The lowest BCUT2D eigenvalue weighted by Gasteiger charge is -2.32. The molecule has 0 atom stereocenters. The number of rotatable bonds is 3. The summed E-state index contributed by atoms with van der Waals surface area (Å²) in [6, 6.07) is 7.60. The highest BCUT2D eigenvalue weighted by Gasteiger charge is 2.27. The third kappa shape index (κ3) is 2.33. The van der Waals surface area contributed by atoms with Crippen molar-refractivity contribution in [3.8, 4) is 5.75 Å². The number of amides is 1. The van der Waals surface area contributed by atoms with E-state index in [1.807, 2.05) is 6.07 Å². The molecular formula is C12H16N2O2. The van der Waals surface area contributed by atoms with Crippen molar-refractivity contribution in [2.75, 3.05) is 7.11 Å². The first-order valence-corrected chi connectivity index (χ1v) is 5.39. The highest BCUT2D eigenvalue weighted by molar-refractivity contribution is 5.94. The van der Waals surface area contributed by atoms with Crippen LogP contribution in [0.2, 0.25) is 0 Å². The maximum atomic E-state index is 11.8. The lowest BCUT2D eigenvalue weighted by atomic mass is 9.87. The fraction of sp³-hybridized carbons (Fsp3) is 0.417. The zero-order valence-corrected chi connectivity index (χ0v) is 9.27. The predicted octanol–water partition coefficient (Wildman–Crippen LogP) is 0.915. The van der Waals surface area contributed by atoms with Crippen LogP contribution in [0.4, 0.5) is 0 Å². The maximum Gasteiger partial charge on any atom is 0.251 e. The molecular weight excluding hydrogens is 204 g/mol. The summed E-state index contributed by atoms with van der Waals surface area (Å²) in [6.07, 6.45) is 1.74. The molecule has 3 N–H and O–H groups in total. The summed E-state index contributed by atoms with van der Waals surface area (Å²) in [4.78, 5) is 11.8. The minimum Gasteiger partial charge on any atom is -0.497 e. The van der Waals surface area contributed by atoms with E-state index in [4.69, 9.17) is 10.5 Å². The average Bonchev–Trinajstić information content (AvgIpc) is 2.27. The number of carbonyl (C=O) groups excluding carboxylic acids is 1. The molecule has 16 heavy (non-hydrogen) atoms. The van der Waals surface area contributed by atoms with Crippen molar-refractivity contribution in [1.29, 1.82) is 0 Å². The van der Waals surface area contributed by atoms with Crippen LogP contribution in [0.1, 0.15) is 23.2 Å². The van der Waals surface area contributed by atoms with Crippen LogP contribution in [-0.4, -0.2) is 25.1 Å². The first-order valence-electron chi connectivity index (χ1n) is 5.39. The number of benzene rings is 1. The second kappa shape index (κ2) is 4.53. The van der Waals surface area contributed by atoms with Crippen LogP contribution in [0.5, 0.6) is 5.75 Å². The summed E-state index contributed by atoms with van der Waals surface area (Å²) in [7, 11) is 1.59. The molecule has 1 aromatic carbocycles. The van der Waals surface area contributed by atoms with E-state index in [9.17, 15) is 4.79 Å². The Balaban J connectivity index is 1.97. The third-order valence-electron chi connectivity index (χ3n) is 2.84. The lowest BCUT2D eigenvalue weighted by molar-refractivity contribution is 0.0910. The Labute approximate surface area is 94.8 Å². The summed E-state index contributed by atoms with van der Waals surface area (Å²) in [5.41, 5.74) is 6.28. The fourth-order valence-corrected chi connectivity index (χ4v) is 1.81. The molecule has 0 saturated heterocycles. The minimum absolute atomic E-state index is 0.0594. The molecule has 0 spiro atoms. The number of hydrogen-bond acceptors (Lipinski definition) is 3. The van der Waals surface area contributed by atoms with Crippen LogP contribution in [0.25, 0.3) is 0 Å². The molecule has 2 rings (SSSR count). The van der Waals surface area contributed by atoms with Crippen molar-refractivity contribution in [2.24, 2.45) is 5.73 Å². The van der Waals surface area contributed by atoms with Crippen molar-refractivity contribution in [1.82, 2.24) is 5.32 Å². The molecule has 1 fully saturated rings. The van der Waals surface area contributed by atoms with E-state index in [2.05, 4.69) is 5.32 Å². The highest BCUT2D eigenvalue weighted by Crippen LogP contribution is 2.18. The molecule has 0 heterocycles. The van der Waals surface area contributed by atoms with Crippen molar-refractivity contribution in [3.63, 3.8) is 0 Å². The van der Waals surface area contributed by atoms with Crippen LogP contribution < -0.4 is 15.8 Å². The van der Waals surface area contributed by atoms with Gasteiger partial charge in [0.15, 0.2) is 0 Å². The number of nitrogens with one attached hydrogen (secondary N) is 1. The van der Waals surface area contributed by atoms with Crippen LogP contribution in [-0.2, 0) is 0 Å². The molecule has 1 aromatic rings. The number of nitrogens with two attached hydrogens (primary N) is 1. The van der Waals surface area contributed by atoms with Gasteiger partial charge in [-0.3, -0.25) is 4.79 Å². The van der Waals surface area contributed by atoms with E-state index >= 15 is 0 Å². The van der Waals surface area contributed by atoms with Crippen molar-refractivity contribution < 1.29 is 9.53 Å². The Morgan fingerprint density at radius 1 is 1.50 bits per heavy atom. The zero-order valence-electron chi connectivity index (χ0n) is 9.27. The molecule has 1 saturated carbocycles. The molecule has 86 valence electrons. The zero-order chi connectivity index (χ0) is 11.5. The summed E-state index contributed by atoms with van der Waals surface area (Å²) in [5, 5.41) is 2.94. The van der Waals surface area contributed by atoms with Crippen LogP contribution >= 0.6 is 0 Å². The predicted molar refractivity (Wildman–Crippen MR) is 61.5 cm³/mol. The average molecular weight is 220 g/mol. The summed E-state index contributed by atoms with van der Waals surface area (Å²) in [5.74, 6) is 0.633. The van der Waals surface area contributed by atoms with Gasteiger partial charge in [0.2, 0.25) is 0 Å². The van der Waals surface area contributed by atoms with Gasteiger partial charge in [-0.15, -0.1) is 0 Å². The van der Waals surface area contributed by atoms with Gasteiger partial charge in [-0.25, -0.2) is 0 Å². The Bertz CT molecular complexity index is 386. The van der Waals surface area contributed by atoms with Crippen molar-refractivity contribution >= 4 is 5.91 Å². The van der Waals surface area contributed by atoms with Crippen LogP contribution in [0.15, 0.2) is 24.3 Å². The van der Waals surface area contributed by atoms with Gasteiger partial charge in [-0.1, -0.05) is 6.07 Å². The first-order chi connectivity index (χ1) is 7.69. The van der Waals surface area contributed by atoms with E-state index in [1.165, 1.54) is 0 Å². The van der Waals surface area contributed by atoms with E-state index in [0.29, 0.717) is 11.3 Å². The normalized spacial score (nSPS) is 23.4. The van der Waals surface area contributed by atoms with Crippen molar-refractivity contribution in [3.05, 3.63) is 29.8 Å². The van der Waals surface area contributed by atoms with Crippen LogP contribution in [0.3, 0.4) is 0 Å². The van der Waals surface area contributed by atoms with E-state index < -0.39 is 0 Å². The smallest absolute Gasteiger partial charge is 0.251 e. The Hall–Kier alpha value is -1.55. The van der Waals surface area contributed by atoms with Crippen LogP contribution in [0, 0.1) is 0 Å². The minimum atomic E-state index is -0.0594. The van der Waals surface area contributed by atoms with E-state index in [0.717, 1.165) is 12.8 Å². The summed E-state index contributed by atoms with van der Waals surface area (Å²) in [6.45, 7) is 0. The largest absolute Gasteiger partial charge is 0.497 e. The molecule has 0 aliphatic heterocycles. The molecule has 0 aromatic heterocycles. The number of ether oxygens (including phenoxy) is 1. The van der Waals surface area contributed by atoms with Gasteiger partial charge >= 0.3 is 0 Å². The molecule has 0 bridgehead atoms. The van der Waals surface area contributed by atoms with Gasteiger partial charge in [-0.2, -0.15) is 0 Å². The molecule has 1 amide bonds. The van der Waals surface area contributed by atoms with E-state index in [1.54, 1.807) is 25.3 Å². The topological polar surface area (TPSA) is 64.3 Å². The highest BCUT2D eigenvalue weighted by atomic mass is 16.5. The second-order valence-corrected chi connectivity index (χ2v) is 4.13. The number of methoxy groups -OCH3 is 1. The molecule has 4 nitrogen and oxygen atoms in total. The van der Waals surface area contributed by atoms with Gasteiger partial charge in [0.1, 0.15) is 5.75 Å². The molecule has 4 heteroatoms. The molecule has 1 aliphatic carbocycles. The second-order valence-electron chi connectivity index (χ2n) is 4.13. The SMILES string of the molecule is COc1cccc(C(=O)NC2CC(N)C2)c1. The van der Waals surface area contributed by atoms with Gasteiger partial charge in [0.05, 0.1) is 7.11 Å². The lowest BCUT2D eigenvalue weighted by Crippen LogP contribution is -2.50. The standard InChI is InChI=1S/C12H16N2O2/c1-16-11-4-2-3-8(5-11)12(15)14-10-6-9(13)7-10/h2-5,9-10H,6-7,13H2,1H3,(H,14,15). The number of hydrogen-bond donors (Lipinski definition) is 2. The third-order valence-corrected chi connectivity index (χ3v) is 2.84. The van der Waals surface area contributed by atoms with Gasteiger partial charge in [0, 0.05) is 17.6 Å². The van der Waals surface area contributed by atoms with Crippen molar-refractivity contribution in [2.45, 2.75) is 24.9 Å². The monoisotopic (exact) mass is 220 g/mol. The molecule has 0 unspecified atom stereocenters. The van der Waals surface area contributed by atoms with E-state index in [-0.39, 0.29) is 18.0 Å². The first kappa shape index (κ1) is 11.0.